The first kappa shape index (κ1) is 12.9. The van der Waals surface area contributed by atoms with Crippen molar-refractivity contribution in [3.63, 3.8) is 0 Å². The third-order valence-corrected chi connectivity index (χ3v) is 4.56. The fraction of sp³-hybridized carbons (Fsp3) is 0.600. The van der Waals surface area contributed by atoms with Crippen molar-refractivity contribution in [2.24, 2.45) is 5.73 Å². The molecule has 0 radical (unpaired) electrons. The molecule has 0 unspecified atom stereocenters. The van der Waals surface area contributed by atoms with E-state index in [4.69, 9.17) is 10.5 Å². The standard InChI is InChI=1S/C15H21FN2O/c1-10(2)18-7-5-15(6-8-18)14(17)12-9-11(16)3-4-13(12)19-15/h3-4,9-10,14H,5-8,17H2,1-2H3/t14-/m0/s1. The van der Waals surface area contributed by atoms with Crippen LogP contribution in [0.4, 0.5) is 4.39 Å². The molecule has 1 atom stereocenters. The van der Waals surface area contributed by atoms with Gasteiger partial charge in [-0.15, -0.1) is 0 Å². The number of benzene rings is 1. The third kappa shape index (κ3) is 2.03. The maximum Gasteiger partial charge on any atom is 0.131 e. The molecule has 0 bridgehead atoms. The highest BCUT2D eigenvalue weighted by atomic mass is 19.1. The molecule has 2 N–H and O–H groups in total. The lowest BCUT2D eigenvalue weighted by Gasteiger charge is -2.42. The van der Waals surface area contributed by atoms with Crippen LogP contribution in [-0.2, 0) is 0 Å². The summed E-state index contributed by atoms with van der Waals surface area (Å²) in [7, 11) is 0. The van der Waals surface area contributed by atoms with Gasteiger partial charge in [0.2, 0.25) is 0 Å². The van der Waals surface area contributed by atoms with E-state index in [0.717, 1.165) is 37.2 Å². The number of nitrogens with two attached hydrogens (primary N) is 1. The average molecular weight is 264 g/mol. The van der Waals surface area contributed by atoms with Crippen LogP contribution in [0, 0.1) is 5.82 Å². The second-order valence-corrected chi connectivity index (χ2v) is 5.96. The van der Waals surface area contributed by atoms with Crippen molar-refractivity contribution in [3.05, 3.63) is 29.6 Å². The van der Waals surface area contributed by atoms with Crippen LogP contribution in [0.3, 0.4) is 0 Å². The van der Waals surface area contributed by atoms with Crippen LogP contribution in [0.25, 0.3) is 0 Å². The number of halogens is 1. The minimum atomic E-state index is -0.332. The van der Waals surface area contributed by atoms with Crippen molar-refractivity contribution in [3.8, 4) is 5.75 Å². The fourth-order valence-corrected chi connectivity index (χ4v) is 3.25. The minimum Gasteiger partial charge on any atom is -0.485 e. The lowest BCUT2D eigenvalue weighted by Crippen LogP contribution is -2.52. The minimum absolute atomic E-state index is 0.215. The van der Waals surface area contributed by atoms with Crippen LogP contribution in [0.1, 0.15) is 38.3 Å². The number of nitrogens with zero attached hydrogens (tertiary/aromatic N) is 1. The molecule has 1 aromatic carbocycles. The van der Waals surface area contributed by atoms with E-state index in [-0.39, 0.29) is 17.5 Å². The Morgan fingerprint density at radius 1 is 1.37 bits per heavy atom. The van der Waals surface area contributed by atoms with Crippen LogP contribution in [0.5, 0.6) is 5.75 Å². The lowest BCUT2D eigenvalue weighted by molar-refractivity contribution is -0.00690. The Bertz CT molecular complexity index is 481. The van der Waals surface area contributed by atoms with Gasteiger partial charge in [-0.05, 0) is 32.0 Å². The van der Waals surface area contributed by atoms with E-state index in [0.29, 0.717) is 6.04 Å². The Labute approximate surface area is 113 Å². The summed E-state index contributed by atoms with van der Waals surface area (Å²) >= 11 is 0. The molecule has 0 amide bonds. The summed E-state index contributed by atoms with van der Waals surface area (Å²) in [6.45, 7) is 6.39. The predicted molar refractivity (Wildman–Crippen MR) is 72.6 cm³/mol. The van der Waals surface area contributed by atoms with Crippen molar-refractivity contribution < 1.29 is 9.13 Å². The first-order valence-electron chi connectivity index (χ1n) is 7.00. The van der Waals surface area contributed by atoms with Crippen molar-refractivity contribution in [1.29, 1.82) is 0 Å². The molecule has 4 heteroatoms. The van der Waals surface area contributed by atoms with Crippen molar-refractivity contribution in [1.82, 2.24) is 4.90 Å². The van der Waals surface area contributed by atoms with Crippen molar-refractivity contribution in [2.45, 2.75) is 44.4 Å². The van der Waals surface area contributed by atoms with Gasteiger partial charge in [0.15, 0.2) is 0 Å². The van der Waals surface area contributed by atoms with E-state index in [1.165, 1.54) is 12.1 Å². The Kier molecular flexibility index (Phi) is 3.02. The molecule has 2 heterocycles. The highest BCUT2D eigenvalue weighted by Crippen LogP contribution is 2.47. The first-order valence-corrected chi connectivity index (χ1v) is 7.00. The van der Waals surface area contributed by atoms with Gasteiger partial charge in [0, 0.05) is 37.5 Å². The van der Waals surface area contributed by atoms with E-state index >= 15 is 0 Å². The number of ether oxygens (including phenoxy) is 1. The van der Waals surface area contributed by atoms with Gasteiger partial charge in [-0.3, -0.25) is 0 Å². The summed E-state index contributed by atoms with van der Waals surface area (Å²) < 4.78 is 19.5. The SMILES string of the molecule is CC(C)N1CCC2(CC1)Oc1ccc(F)cc1[C@@H]2N. The molecule has 0 aliphatic carbocycles. The molecule has 0 aromatic heterocycles. The molecule has 1 fully saturated rings. The van der Waals surface area contributed by atoms with Gasteiger partial charge in [0.05, 0.1) is 6.04 Å². The average Bonchev–Trinajstić information content (AvgIpc) is 2.64. The summed E-state index contributed by atoms with van der Waals surface area (Å²) in [5.74, 6) is 0.515. The van der Waals surface area contributed by atoms with E-state index in [2.05, 4.69) is 18.7 Å². The number of likely N-dealkylation sites (tertiary alicyclic amines) is 1. The zero-order valence-electron chi connectivity index (χ0n) is 11.5. The summed E-state index contributed by atoms with van der Waals surface area (Å²) in [5, 5.41) is 0. The maximum atomic E-state index is 13.3. The van der Waals surface area contributed by atoms with Gasteiger partial charge in [-0.1, -0.05) is 0 Å². The normalized spacial score (nSPS) is 25.6. The van der Waals surface area contributed by atoms with Crippen LogP contribution in [0.2, 0.25) is 0 Å². The topological polar surface area (TPSA) is 38.5 Å². The Morgan fingerprint density at radius 3 is 2.68 bits per heavy atom. The van der Waals surface area contributed by atoms with Gasteiger partial charge in [-0.25, -0.2) is 4.39 Å². The van der Waals surface area contributed by atoms with Crippen molar-refractivity contribution in [2.75, 3.05) is 13.1 Å². The summed E-state index contributed by atoms with van der Waals surface area (Å²) in [4.78, 5) is 2.44. The summed E-state index contributed by atoms with van der Waals surface area (Å²) in [6.07, 6.45) is 1.81. The summed E-state index contributed by atoms with van der Waals surface area (Å²) in [6, 6.07) is 4.99. The molecule has 1 saturated heterocycles. The molecule has 2 aliphatic rings. The van der Waals surface area contributed by atoms with E-state index in [1.54, 1.807) is 6.07 Å². The van der Waals surface area contributed by atoms with Crippen LogP contribution in [0.15, 0.2) is 18.2 Å². The van der Waals surface area contributed by atoms with Gasteiger partial charge in [0.25, 0.3) is 0 Å². The van der Waals surface area contributed by atoms with Gasteiger partial charge < -0.3 is 15.4 Å². The van der Waals surface area contributed by atoms with E-state index < -0.39 is 0 Å². The Hall–Kier alpha value is -1.13. The molecular weight excluding hydrogens is 243 g/mol. The quantitative estimate of drug-likeness (QED) is 0.847. The lowest BCUT2D eigenvalue weighted by atomic mass is 9.83. The van der Waals surface area contributed by atoms with Crippen molar-refractivity contribution >= 4 is 0 Å². The zero-order chi connectivity index (χ0) is 13.6. The Balaban J connectivity index is 1.82. The number of piperidine rings is 1. The number of rotatable bonds is 1. The molecule has 0 saturated carbocycles. The molecule has 19 heavy (non-hydrogen) atoms. The van der Waals surface area contributed by atoms with Crippen LogP contribution in [-0.4, -0.2) is 29.6 Å². The number of hydrogen-bond acceptors (Lipinski definition) is 3. The predicted octanol–water partition coefficient (Wildman–Crippen LogP) is 2.46. The molecule has 104 valence electrons. The monoisotopic (exact) mass is 264 g/mol. The fourth-order valence-electron chi connectivity index (χ4n) is 3.25. The third-order valence-electron chi connectivity index (χ3n) is 4.56. The molecule has 3 nitrogen and oxygen atoms in total. The second kappa shape index (κ2) is 4.46. The highest BCUT2D eigenvalue weighted by molar-refractivity contribution is 5.43. The largest absolute Gasteiger partial charge is 0.485 e. The second-order valence-electron chi connectivity index (χ2n) is 5.96. The molecule has 1 spiro atoms. The first-order chi connectivity index (χ1) is 9.02. The van der Waals surface area contributed by atoms with E-state index in [9.17, 15) is 4.39 Å². The smallest absolute Gasteiger partial charge is 0.131 e. The molecule has 3 rings (SSSR count). The van der Waals surface area contributed by atoms with E-state index in [1.807, 2.05) is 0 Å². The maximum absolute atomic E-state index is 13.3. The highest BCUT2D eigenvalue weighted by Gasteiger charge is 2.48. The van der Waals surface area contributed by atoms with Crippen LogP contribution >= 0.6 is 0 Å². The summed E-state index contributed by atoms with van der Waals surface area (Å²) in [5.41, 5.74) is 6.82. The van der Waals surface area contributed by atoms with Gasteiger partial charge in [-0.2, -0.15) is 0 Å². The zero-order valence-corrected chi connectivity index (χ0v) is 11.5. The molecule has 1 aromatic rings. The molecular formula is C15H21FN2O. The van der Waals surface area contributed by atoms with Gasteiger partial charge >= 0.3 is 0 Å². The van der Waals surface area contributed by atoms with Gasteiger partial charge in [0.1, 0.15) is 17.2 Å². The number of hydrogen-bond donors (Lipinski definition) is 1. The molecule has 2 aliphatic heterocycles. The number of fused-ring (bicyclic) bond motifs is 1. The Morgan fingerprint density at radius 2 is 2.05 bits per heavy atom. The van der Waals surface area contributed by atoms with Crippen LogP contribution < -0.4 is 10.5 Å².